The van der Waals surface area contributed by atoms with Gasteiger partial charge in [0.1, 0.15) is 0 Å². The first-order chi connectivity index (χ1) is 2.00. The zero-order chi connectivity index (χ0) is 4.50. The minimum atomic E-state index is -5.94. The molecule has 0 aliphatic rings. The first-order valence-corrected chi connectivity index (χ1v) is 3.65. The minimum absolute atomic E-state index is 0. The van der Waals surface area contributed by atoms with Crippen LogP contribution in [0.25, 0.3) is 0 Å². The van der Waals surface area contributed by atoms with Crippen LogP contribution in [-0.2, 0) is 26.0 Å². The van der Waals surface area contributed by atoms with E-state index in [0.29, 0.717) is 0 Å². The van der Waals surface area contributed by atoms with Crippen molar-refractivity contribution in [1.82, 2.24) is 0 Å². The summed E-state index contributed by atoms with van der Waals surface area (Å²) in [5.41, 5.74) is 0. The number of rotatable bonds is 0. The first-order valence-electron chi connectivity index (χ1n) is 0.617. The fourth-order valence-electron chi connectivity index (χ4n) is 0. The summed E-state index contributed by atoms with van der Waals surface area (Å²) in [6.07, 6.45) is 0. The van der Waals surface area contributed by atoms with E-state index >= 15 is 0 Å². The van der Waals surface area contributed by atoms with Gasteiger partial charge in [-0.1, -0.05) is 0 Å². The molecule has 0 spiro atoms. The van der Waals surface area contributed by atoms with E-state index < -0.39 is 15.5 Å². The molecule has 0 saturated carbocycles. The average Bonchev–Trinajstić information content (AvgIpc) is 0.722. The van der Waals surface area contributed by atoms with E-state index in [1.54, 1.807) is 0 Å². The van der Waals surface area contributed by atoms with Crippen LogP contribution in [0.2, 0.25) is 0 Å². The van der Waals surface area contributed by atoms with Gasteiger partial charge in [0.05, 0.1) is 0 Å². The van der Waals surface area contributed by atoms with E-state index in [-0.39, 0.29) is 29.6 Å². The quantitative estimate of drug-likeness (QED) is 0.357. The van der Waals surface area contributed by atoms with Gasteiger partial charge in [-0.3, -0.25) is 0 Å². The summed E-state index contributed by atoms with van der Waals surface area (Å²) in [6, 6.07) is 0. The fourth-order valence-corrected chi connectivity index (χ4v) is 0. The molecule has 32 valence electrons. The summed E-state index contributed by atoms with van der Waals surface area (Å²) in [5.74, 6) is 0. The standard InChI is InChI=1S/Na.4O.Tc/q+1;;;;-1;/i;;;;;1+1. The first kappa shape index (κ1) is 10.1. The molecule has 0 aliphatic carbocycles. The van der Waals surface area contributed by atoms with Gasteiger partial charge in [-0.25, -0.2) is 0 Å². The van der Waals surface area contributed by atoms with Crippen molar-refractivity contribution >= 4 is 0 Å². The summed E-state index contributed by atoms with van der Waals surface area (Å²) < 4.78 is 34.5. The Morgan fingerprint density at radius 1 is 1.17 bits per heavy atom. The van der Waals surface area contributed by atoms with Crippen LogP contribution in [0.15, 0.2) is 0 Å². The molecule has 0 unspecified atom stereocenters. The monoisotopic (exact) mass is 186 g/mol. The van der Waals surface area contributed by atoms with Crippen molar-refractivity contribution in [3.63, 3.8) is 0 Å². The van der Waals surface area contributed by atoms with Gasteiger partial charge in [0.15, 0.2) is 0 Å². The molecule has 0 aromatic carbocycles. The van der Waals surface area contributed by atoms with Crippen molar-refractivity contribution in [1.29, 1.82) is 0 Å². The summed E-state index contributed by atoms with van der Waals surface area (Å²) in [4.78, 5) is 0. The van der Waals surface area contributed by atoms with Crippen molar-refractivity contribution < 1.29 is 59.5 Å². The van der Waals surface area contributed by atoms with E-state index in [4.69, 9.17) is 14.4 Å². The Bertz CT molecular complexity index is 129. The molecule has 0 aromatic heterocycles. The Hall–Kier alpha value is 1.01. The maximum atomic E-state index is 8.62. The van der Waals surface area contributed by atoms with Crippen molar-refractivity contribution in [3.05, 3.63) is 0 Å². The van der Waals surface area contributed by atoms with Crippen LogP contribution >= 0.6 is 0 Å². The van der Waals surface area contributed by atoms with Crippen molar-refractivity contribution in [2.75, 3.05) is 0 Å². The third-order valence-corrected chi connectivity index (χ3v) is 0. The second kappa shape index (κ2) is 3.07. The van der Waals surface area contributed by atoms with Gasteiger partial charge < -0.3 is 0 Å². The molecule has 4 nitrogen and oxygen atoms in total. The van der Waals surface area contributed by atoms with Crippen molar-refractivity contribution in [3.8, 4) is 0 Å². The summed E-state index contributed by atoms with van der Waals surface area (Å²) in [7, 11) is 0. The van der Waals surface area contributed by atoms with E-state index in [1.165, 1.54) is 0 Å². The van der Waals surface area contributed by atoms with E-state index in [1.807, 2.05) is 0 Å². The Labute approximate surface area is 59.1 Å². The van der Waals surface area contributed by atoms with Crippen LogP contribution in [0, 0.1) is 0 Å². The van der Waals surface area contributed by atoms with Crippen LogP contribution in [-0.4, -0.2) is 0 Å². The summed E-state index contributed by atoms with van der Waals surface area (Å²) in [6.45, 7) is 0. The van der Waals surface area contributed by atoms with Crippen LogP contribution in [0.3, 0.4) is 0 Å². The average molecular weight is 186 g/mol. The molecule has 6 heteroatoms. The summed E-state index contributed by atoms with van der Waals surface area (Å²) in [5, 5.41) is 0. The van der Waals surface area contributed by atoms with Crippen LogP contribution in [0.5, 0.6) is 0 Å². The number of hydrogen-bond acceptors (Lipinski definition) is 4. The van der Waals surface area contributed by atoms with Crippen molar-refractivity contribution in [2.24, 2.45) is 0 Å². The third kappa shape index (κ3) is 79.0. The van der Waals surface area contributed by atoms with Gasteiger partial charge in [-0.05, 0) is 0 Å². The molecule has 0 amide bonds. The molecule has 6 heavy (non-hydrogen) atoms. The Balaban J connectivity index is 0. The zero-order valence-corrected chi connectivity index (χ0v) is 6.87. The van der Waals surface area contributed by atoms with Crippen LogP contribution in [0.4, 0.5) is 0 Å². The van der Waals surface area contributed by atoms with Gasteiger partial charge in [0, 0.05) is 0 Å². The summed E-state index contributed by atoms with van der Waals surface area (Å²) >= 11 is -5.94. The Morgan fingerprint density at radius 3 is 1.17 bits per heavy atom. The molecule has 0 heterocycles. The normalized spacial score (nSPS) is 9.50. The third-order valence-electron chi connectivity index (χ3n) is 0. The molecule has 0 atom stereocenters. The Kier molecular flexibility index (Phi) is 5.16. The van der Waals surface area contributed by atoms with Crippen LogP contribution in [0.1, 0.15) is 0 Å². The van der Waals surface area contributed by atoms with Gasteiger partial charge >= 0.3 is 59.5 Å². The molecule has 0 saturated heterocycles. The molecule has 0 fully saturated rings. The molecule has 0 rings (SSSR count). The van der Waals surface area contributed by atoms with E-state index in [9.17, 15) is 0 Å². The van der Waals surface area contributed by atoms with Gasteiger partial charge in [0.25, 0.3) is 0 Å². The Morgan fingerprint density at radius 2 is 1.17 bits per heavy atom. The molecule has 0 radical (unpaired) electrons. The van der Waals surface area contributed by atoms with Gasteiger partial charge in [-0.2, -0.15) is 0 Å². The second-order valence-corrected chi connectivity index (χ2v) is 2.24. The second-order valence-electron chi connectivity index (χ2n) is 0.378. The predicted molar refractivity (Wildman–Crippen MR) is 2.06 cm³/mol. The van der Waals surface area contributed by atoms with Crippen LogP contribution < -0.4 is 33.4 Å². The molecular weight excluding hydrogens is 186 g/mol. The SMILES string of the molecule is [Na+].[O]=[99Tc](=[O])(=[O])[O-]. The van der Waals surface area contributed by atoms with E-state index in [0.717, 1.165) is 0 Å². The zero-order valence-electron chi connectivity index (χ0n) is 3.01. The predicted octanol–water partition coefficient (Wildman–Crippen LogP) is -4.54. The molecule has 0 N–H and O–H groups in total. The topological polar surface area (TPSA) is 74.3 Å². The molecule has 0 bridgehead atoms. The van der Waals surface area contributed by atoms with Gasteiger partial charge in [0.2, 0.25) is 0 Å². The maximum absolute atomic E-state index is 8.62. The molecule has 0 aromatic rings. The van der Waals surface area contributed by atoms with Gasteiger partial charge in [-0.15, -0.1) is 0 Å². The number of hydrogen-bond donors (Lipinski definition) is 0. The molecular formula is NaO4Tc. The van der Waals surface area contributed by atoms with Crippen molar-refractivity contribution in [2.45, 2.75) is 0 Å². The van der Waals surface area contributed by atoms with E-state index in [2.05, 4.69) is 0 Å². The molecule has 0 aliphatic heterocycles. The fraction of sp³-hybridized carbons (Fsp3) is 0.